The fourth-order valence-electron chi connectivity index (χ4n) is 1.76. The zero-order valence-electron chi connectivity index (χ0n) is 11.5. The van der Waals surface area contributed by atoms with E-state index in [2.05, 4.69) is 35.6 Å². The number of para-hydroxylation sites is 1. The minimum atomic E-state index is 0.680. The number of hydrogen-bond acceptors (Lipinski definition) is 4. The van der Waals surface area contributed by atoms with E-state index >= 15 is 0 Å². The predicted octanol–water partition coefficient (Wildman–Crippen LogP) is 3.18. The molecule has 0 fully saturated rings. The van der Waals surface area contributed by atoms with E-state index < -0.39 is 0 Å². The van der Waals surface area contributed by atoms with Gasteiger partial charge in [-0.15, -0.1) is 11.3 Å². The number of aromatic nitrogens is 1. The first-order valence-electron chi connectivity index (χ1n) is 6.62. The van der Waals surface area contributed by atoms with E-state index in [0.717, 1.165) is 36.0 Å². The van der Waals surface area contributed by atoms with E-state index in [1.165, 1.54) is 5.56 Å². The second-order valence-electron chi connectivity index (χ2n) is 4.38. The molecule has 0 bridgehead atoms. The van der Waals surface area contributed by atoms with Gasteiger partial charge in [0, 0.05) is 18.3 Å². The van der Waals surface area contributed by atoms with Crippen LogP contribution >= 0.6 is 11.3 Å². The Morgan fingerprint density at radius 2 is 2.16 bits per heavy atom. The number of ether oxygens (including phenoxy) is 1. The zero-order chi connectivity index (χ0) is 13.5. The van der Waals surface area contributed by atoms with Gasteiger partial charge in [-0.2, -0.15) is 0 Å². The van der Waals surface area contributed by atoms with Crippen LogP contribution < -0.4 is 10.1 Å². The number of aryl methyl sites for hydroxylation is 1. The Bertz CT molecular complexity index is 510. The molecule has 4 heteroatoms. The maximum Gasteiger partial charge on any atom is 0.122 e. The lowest BCUT2D eigenvalue weighted by Crippen LogP contribution is -2.12. The summed E-state index contributed by atoms with van der Waals surface area (Å²) in [5.41, 5.74) is 2.30. The van der Waals surface area contributed by atoms with Crippen LogP contribution in [0, 0.1) is 6.92 Å². The van der Waals surface area contributed by atoms with E-state index in [1.807, 2.05) is 18.2 Å². The largest absolute Gasteiger partial charge is 0.493 e. The number of benzene rings is 1. The second-order valence-corrected chi connectivity index (χ2v) is 5.32. The van der Waals surface area contributed by atoms with Gasteiger partial charge in [0.05, 0.1) is 17.3 Å². The molecule has 0 spiro atoms. The SMILES string of the molecule is CCNCc1csc(CCOc2ccccc2C)n1. The highest BCUT2D eigenvalue weighted by atomic mass is 32.1. The minimum absolute atomic E-state index is 0.680. The molecule has 0 unspecified atom stereocenters. The zero-order valence-corrected chi connectivity index (χ0v) is 12.3. The lowest BCUT2D eigenvalue weighted by molar-refractivity contribution is 0.319. The quantitative estimate of drug-likeness (QED) is 0.843. The van der Waals surface area contributed by atoms with Gasteiger partial charge in [0.15, 0.2) is 0 Å². The third kappa shape index (κ3) is 4.33. The van der Waals surface area contributed by atoms with Crippen LogP contribution in [0.4, 0.5) is 0 Å². The Balaban J connectivity index is 1.79. The van der Waals surface area contributed by atoms with Gasteiger partial charge in [0.2, 0.25) is 0 Å². The number of thiazole rings is 1. The van der Waals surface area contributed by atoms with Crippen LogP contribution in [0.5, 0.6) is 5.75 Å². The second kappa shape index (κ2) is 7.26. The Morgan fingerprint density at radius 1 is 1.32 bits per heavy atom. The van der Waals surface area contributed by atoms with E-state index in [-0.39, 0.29) is 0 Å². The predicted molar refractivity (Wildman–Crippen MR) is 79.9 cm³/mol. The molecule has 102 valence electrons. The van der Waals surface area contributed by atoms with Crippen molar-refractivity contribution in [1.82, 2.24) is 10.3 Å². The van der Waals surface area contributed by atoms with E-state index in [1.54, 1.807) is 11.3 Å². The van der Waals surface area contributed by atoms with Crippen LogP contribution in [0.15, 0.2) is 29.6 Å². The Labute approximate surface area is 118 Å². The molecular formula is C15H20N2OS. The minimum Gasteiger partial charge on any atom is -0.493 e. The maximum absolute atomic E-state index is 5.78. The summed E-state index contributed by atoms with van der Waals surface area (Å²) in [4.78, 5) is 4.58. The lowest BCUT2D eigenvalue weighted by Gasteiger charge is -2.07. The molecule has 0 amide bonds. The first-order chi connectivity index (χ1) is 9.29. The third-order valence-corrected chi connectivity index (χ3v) is 3.78. The Kier molecular flexibility index (Phi) is 5.36. The van der Waals surface area contributed by atoms with Gasteiger partial charge in [0.1, 0.15) is 5.75 Å². The fraction of sp³-hybridized carbons (Fsp3) is 0.400. The molecule has 2 aromatic rings. The molecule has 19 heavy (non-hydrogen) atoms. The highest BCUT2D eigenvalue weighted by Crippen LogP contribution is 2.17. The van der Waals surface area contributed by atoms with E-state index in [0.29, 0.717) is 6.61 Å². The molecule has 0 aliphatic heterocycles. The van der Waals surface area contributed by atoms with Gasteiger partial charge in [-0.25, -0.2) is 4.98 Å². The van der Waals surface area contributed by atoms with Crippen LogP contribution in [-0.4, -0.2) is 18.1 Å². The van der Waals surface area contributed by atoms with Crippen LogP contribution in [0.2, 0.25) is 0 Å². The molecule has 1 aromatic heterocycles. The molecule has 0 radical (unpaired) electrons. The molecule has 0 saturated carbocycles. The van der Waals surface area contributed by atoms with Crippen molar-refractivity contribution in [3.8, 4) is 5.75 Å². The normalized spacial score (nSPS) is 10.6. The lowest BCUT2D eigenvalue weighted by atomic mass is 10.2. The van der Waals surface area contributed by atoms with E-state index in [9.17, 15) is 0 Å². The monoisotopic (exact) mass is 276 g/mol. The van der Waals surface area contributed by atoms with Crippen molar-refractivity contribution in [2.75, 3.05) is 13.2 Å². The average Bonchev–Trinajstić information content (AvgIpc) is 2.86. The van der Waals surface area contributed by atoms with Crippen molar-refractivity contribution in [2.45, 2.75) is 26.8 Å². The van der Waals surface area contributed by atoms with Crippen LogP contribution in [0.1, 0.15) is 23.2 Å². The number of rotatable bonds is 7. The molecular weight excluding hydrogens is 256 g/mol. The first kappa shape index (κ1) is 14.0. The van der Waals surface area contributed by atoms with Crippen molar-refractivity contribution < 1.29 is 4.74 Å². The molecule has 0 atom stereocenters. The van der Waals surface area contributed by atoms with Crippen molar-refractivity contribution in [2.24, 2.45) is 0 Å². The van der Waals surface area contributed by atoms with Gasteiger partial charge >= 0.3 is 0 Å². The number of hydrogen-bond donors (Lipinski definition) is 1. The highest BCUT2D eigenvalue weighted by Gasteiger charge is 2.03. The molecule has 2 rings (SSSR count). The summed E-state index contributed by atoms with van der Waals surface area (Å²) in [6.45, 7) is 6.67. The van der Waals surface area contributed by atoms with Gasteiger partial charge in [0.25, 0.3) is 0 Å². The van der Waals surface area contributed by atoms with Crippen molar-refractivity contribution in [3.05, 3.63) is 45.9 Å². The van der Waals surface area contributed by atoms with Crippen molar-refractivity contribution in [1.29, 1.82) is 0 Å². The van der Waals surface area contributed by atoms with Gasteiger partial charge in [-0.1, -0.05) is 25.1 Å². The summed E-state index contributed by atoms with van der Waals surface area (Å²) in [6, 6.07) is 8.09. The fourth-order valence-corrected chi connectivity index (χ4v) is 2.54. The molecule has 3 nitrogen and oxygen atoms in total. The summed E-state index contributed by atoms with van der Waals surface area (Å²) in [5.74, 6) is 0.965. The molecule has 0 aliphatic rings. The van der Waals surface area contributed by atoms with Crippen molar-refractivity contribution in [3.63, 3.8) is 0 Å². The molecule has 1 N–H and O–H groups in total. The number of nitrogens with one attached hydrogen (secondary N) is 1. The Morgan fingerprint density at radius 3 is 2.95 bits per heavy atom. The van der Waals surface area contributed by atoms with Crippen LogP contribution in [0.3, 0.4) is 0 Å². The maximum atomic E-state index is 5.78. The average molecular weight is 276 g/mol. The Hall–Kier alpha value is -1.39. The molecule has 0 aliphatic carbocycles. The van der Waals surface area contributed by atoms with Crippen LogP contribution in [0.25, 0.3) is 0 Å². The van der Waals surface area contributed by atoms with Gasteiger partial charge in [-0.3, -0.25) is 0 Å². The highest BCUT2D eigenvalue weighted by molar-refractivity contribution is 7.09. The van der Waals surface area contributed by atoms with Crippen LogP contribution in [-0.2, 0) is 13.0 Å². The summed E-state index contributed by atoms with van der Waals surface area (Å²) >= 11 is 1.71. The number of nitrogens with zero attached hydrogens (tertiary/aromatic N) is 1. The standard InChI is InChI=1S/C15H20N2OS/c1-3-16-10-13-11-19-15(17-13)8-9-18-14-7-5-4-6-12(14)2/h4-7,11,16H,3,8-10H2,1-2H3. The third-order valence-electron chi connectivity index (χ3n) is 2.82. The summed E-state index contributed by atoms with van der Waals surface area (Å²) in [6.07, 6.45) is 0.866. The van der Waals surface area contributed by atoms with Crippen molar-refractivity contribution >= 4 is 11.3 Å². The summed E-state index contributed by atoms with van der Waals surface area (Å²) < 4.78 is 5.78. The first-order valence-corrected chi connectivity index (χ1v) is 7.50. The molecule has 1 aromatic carbocycles. The van der Waals surface area contributed by atoms with E-state index in [4.69, 9.17) is 4.74 Å². The van der Waals surface area contributed by atoms with Gasteiger partial charge in [-0.05, 0) is 25.1 Å². The molecule has 1 heterocycles. The smallest absolute Gasteiger partial charge is 0.122 e. The summed E-state index contributed by atoms with van der Waals surface area (Å²) in [5, 5.41) is 6.54. The summed E-state index contributed by atoms with van der Waals surface area (Å²) in [7, 11) is 0. The topological polar surface area (TPSA) is 34.1 Å². The van der Waals surface area contributed by atoms with Gasteiger partial charge < -0.3 is 10.1 Å². The molecule has 0 saturated heterocycles.